The normalized spacial score (nSPS) is 26.2. The predicted molar refractivity (Wildman–Crippen MR) is 79.5 cm³/mol. The largest absolute Gasteiger partial charge is 0.468 e. The van der Waals surface area contributed by atoms with Gasteiger partial charge in [-0.15, -0.1) is 0 Å². The minimum atomic E-state index is -0.864. The number of rotatable bonds is 1. The van der Waals surface area contributed by atoms with Gasteiger partial charge in [-0.1, -0.05) is 12.1 Å². The average molecular weight is 302 g/mol. The molecule has 2 aliphatic heterocycles. The summed E-state index contributed by atoms with van der Waals surface area (Å²) in [5, 5.41) is 0. The number of hydrogen-bond donors (Lipinski definition) is 0. The van der Waals surface area contributed by atoms with Crippen LogP contribution >= 0.6 is 0 Å². The first kappa shape index (κ1) is 14.7. The fourth-order valence-electron chi connectivity index (χ4n) is 3.21. The average Bonchev–Trinajstić information content (AvgIpc) is 2.74. The molecule has 1 aromatic carbocycles. The van der Waals surface area contributed by atoms with Gasteiger partial charge in [0.2, 0.25) is 5.91 Å². The molecule has 22 heavy (non-hydrogen) atoms. The van der Waals surface area contributed by atoms with E-state index >= 15 is 0 Å². The van der Waals surface area contributed by atoms with Crippen LogP contribution in [-0.2, 0) is 14.3 Å². The summed E-state index contributed by atoms with van der Waals surface area (Å²) < 4.78 is 4.84. The van der Waals surface area contributed by atoms with Crippen molar-refractivity contribution in [3.63, 3.8) is 0 Å². The van der Waals surface area contributed by atoms with Gasteiger partial charge in [0.25, 0.3) is 0 Å². The first-order chi connectivity index (χ1) is 10.4. The summed E-state index contributed by atoms with van der Waals surface area (Å²) in [5.41, 5.74) is 0.217. The zero-order valence-electron chi connectivity index (χ0n) is 12.8. The van der Waals surface area contributed by atoms with E-state index in [0.29, 0.717) is 11.3 Å². The number of methoxy groups -OCH3 is 1. The number of hydrogen-bond acceptors (Lipinski definition) is 5. The van der Waals surface area contributed by atoms with Crippen molar-refractivity contribution in [1.82, 2.24) is 4.90 Å². The molecule has 1 unspecified atom stereocenters. The molecule has 2 aliphatic rings. The van der Waals surface area contributed by atoms with Crippen molar-refractivity contribution in [1.29, 1.82) is 0 Å². The highest BCUT2D eigenvalue weighted by Crippen LogP contribution is 2.37. The van der Waals surface area contributed by atoms with Gasteiger partial charge in [0.15, 0.2) is 5.78 Å². The van der Waals surface area contributed by atoms with Gasteiger partial charge in [-0.3, -0.25) is 24.2 Å². The number of para-hydroxylation sites is 1. The minimum Gasteiger partial charge on any atom is -0.468 e. The second-order valence-electron chi connectivity index (χ2n) is 6.09. The van der Waals surface area contributed by atoms with Crippen molar-refractivity contribution in [2.45, 2.75) is 31.8 Å². The van der Waals surface area contributed by atoms with Gasteiger partial charge in [0.1, 0.15) is 6.04 Å². The first-order valence-electron chi connectivity index (χ1n) is 7.16. The molecule has 0 aliphatic carbocycles. The summed E-state index contributed by atoms with van der Waals surface area (Å²) in [6, 6.07) is 6.27. The van der Waals surface area contributed by atoms with Crippen molar-refractivity contribution in [2.75, 3.05) is 18.7 Å². The quantitative estimate of drug-likeness (QED) is 0.729. The Balaban J connectivity index is 2.17. The van der Waals surface area contributed by atoms with Crippen LogP contribution in [0.4, 0.5) is 5.69 Å². The maximum Gasteiger partial charge on any atom is 0.323 e. The third-order valence-corrected chi connectivity index (χ3v) is 4.50. The molecule has 1 fully saturated rings. The van der Waals surface area contributed by atoms with Crippen LogP contribution < -0.4 is 4.90 Å². The number of benzene rings is 1. The Kier molecular flexibility index (Phi) is 3.29. The summed E-state index contributed by atoms with van der Waals surface area (Å²) in [5.74, 6) is -0.773. The molecule has 0 radical (unpaired) electrons. The van der Waals surface area contributed by atoms with Crippen molar-refractivity contribution < 1.29 is 19.1 Å². The Bertz CT molecular complexity index is 668. The maximum atomic E-state index is 12.8. The molecule has 6 nitrogen and oxygen atoms in total. The van der Waals surface area contributed by atoms with Gasteiger partial charge >= 0.3 is 5.97 Å². The fraction of sp³-hybridized carbons (Fsp3) is 0.438. The lowest BCUT2D eigenvalue weighted by molar-refractivity contribution is -0.149. The van der Waals surface area contributed by atoms with Gasteiger partial charge in [-0.05, 0) is 26.0 Å². The molecule has 6 heteroatoms. The third kappa shape index (κ3) is 1.94. The summed E-state index contributed by atoms with van der Waals surface area (Å²) >= 11 is 0. The van der Waals surface area contributed by atoms with Crippen molar-refractivity contribution >= 4 is 23.3 Å². The van der Waals surface area contributed by atoms with Crippen LogP contribution in [0.5, 0.6) is 0 Å². The van der Waals surface area contributed by atoms with E-state index in [0.717, 1.165) is 0 Å². The zero-order chi connectivity index (χ0) is 16.1. The third-order valence-electron chi connectivity index (χ3n) is 4.50. The number of amides is 1. The molecule has 0 spiro atoms. The Labute approximate surface area is 128 Å². The van der Waals surface area contributed by atoms with Crippen LogP contribution in [0.3, 0.4) is 0 Å². The lowest BCUT2D eigenvalue weighted by atomic mass is 9.97. The Morgan fingerprint density at radius 3 is 2.64 bits per heavy atom. The molecule has 1 amide bonds. The van der Waals surface area contributed by atoms with E-state index in [1.807, 2.05) is 0 Å². The number of ketones is 1. The van der Waals surface area contributed by atoms with Crippen LogP contribution in [0, 0.1) is 0 Å². The van der Waals surface area contributed by atoms with Crippen molar-refractivity contribution in [2.24, 2.45) is 0 Å². The highest BCUT2D eigenvalue weighted by molar-refractivity contribution is 6.11. The maximum absolute atomic E-state index is 12.8. The van der Waals surface area contributed by atoms with Crippen LogP contribution in [0.1, 0.15) is 30.6 Å². The fourth-order valence-corrected chi connectivity index (χ4v) is 3.21. The zero-order valence-corrected chi connectivity index (χ0v) is 12.8. The van der Waals surface area contributed by atoms with Crippen LogP contribution in [-0.4, -0.2) is 47.9 Å². The van der Waals surface area contributed by atoms with Gasteiger partial charge in [0, 0.05) is 12.0 Å². The molecule has 1 aromatic rings. The number of carbonyl (C=O) groups is 3. The highest BCUT2D eigenvalue weighted by atomic mass is 16.5. The number of carbonyl (C=O) groups excluding carboxylic acids is 3. The van der Waals surface area contributed by atoms with E-state index in [9.17, 15) is 14.4 Å². The van der Waals surface area contributed by atoms with E-state index in [2.05, 4.69) is 0 Å². The minimum absolute atomic E-state index is 0.00817. The molecule has 2 atom stereocenters. The van der Waals surface area contributed by atoms with E-state index in [1.165, 1.54) is 7.11 Å². The number of esters is 1. The number of nitrogens with zero attached hydrogens (tertiary/aromatic N) is 2. The van der Waals surface area contributed by atoms with Crippen LogP contribution in [0.25, 0.3) is 0 Å². The molecule has 116 valence electrons. The van der Waals surface area contributed by atoms with Gasteiger partial charge < -0.3 is 4.74 Å². The summed E-state index contributed by atoms with van der Waals surface area (Å²) in [4.78, 5) is 40.8. The monoisotopic (exact) mass is 302 g/mol. The van der Waals surface area contributed by atoms with E-state index in [1.54, 1.807) is 47.9 Å². The first-order valence-corrected chi connectivity index (χ1v) is 7.16. The van der Waals surface area contributed by atoms with E-state index in [-0.39, 0.29) is 24.8 Å². The summed E-state index contributed by atoms with van der Waals surface area (Å²) in [6.07, 6.45) is 0.00817. The smallest absolute Gasteiger partial charge is 0.323 e. The second kappa shape index (κ2) is 4.91. The van der Waals surface area contributed by atoms with Crippen LogP contribution in [0.2, 0.25) is 0 Å². The van der Waals surface area contributed by atoms with E-state index in [4.69, 9.17) is 4.74 Å². The Hall–Kier alpha value is -2.21. The second-order valence-corrected chi connectivity index (χ2v) is 6.09. The SMILES string of the molecule is COC(=O)[C@@H]1CC(=O)c2ccccc2N2CN1C(C)(C)C2=O. The standard InChI is InChI=1S/C16H18N2O4/c1-16(2)15(21)17-9-18(16)12(14(20)22-3)8-13(19)10-6-4-5-7-11(10)17/h4-7,12H,8-9H2,1-3H3/t12-/m0/s1. The number of ether oxygens (including phenoxy) is 1. The van der Waals surface area contributed by atoms with Crippen LogP contribution in [0.15, 0.2) is 24.3 Å². The lowest BCUT2D eigenvalue weighted by Gasteiger charge is -2.34. The molecule has 2 bridgehead atoms. The highest BCUT2D eigenvalue weighted by Gasteiger charge is 2.52. The van der Waals surface area contributed by atoms with Gasteiger partial charge in [-0.2, -0.15) is 0 Å². The lowest BCUT2D eigenvalue weighted by Crippen LogP contribution is -2.52. The summed E-state index contributed by atoms with van der Waals surface area (Å²) in [6.45, 7) is 3.81. The predicted octanol–water partition coefficient (Wildman–Crippen LogP) is 1.20. The molecule has 0 aromatic heterocycles. The van der Waals surface area contributed by atoms with E-state index < -0.39 is 17.6 Å². The Morgan fingerprint density at radius 2 is 1.95 bits per heavy atom. The molecular formula is C16H18N2O4. The summed E-state index contributed by atoms with van der Waals surface area (Å²) in [7, 11) is 1.29. The molecule has 0 N–H and O–H groups in total. The van der Waals surface area contributed by atoms with Crippen molar-refractivity contribution in [3.05, 3.63) is 29.8 Å². The topological polar surface area (TPSA) is 66.9 Å². The molecule has 0 saturated carbocycles. The van der Waals surface area contributed by atoms with Gasteiger partial charge in [0.05, 0.1) is 25.0 Å². The van der Waals surface area contributed by atoms with Crippen molar-refractivity contribution in [3.8, 4) is 0 Å². The Morgan fingerprint density at radius 1 is 1.27 bits per heavy atom. The molecule has 3 rings (SSSR count). The number of anilines is 1. The number of Topliss-reactive ketones (excluding diaryl/α,β-unsaturated/α-hetero) is 1. The van der Waals surface area contributed by atoms with Gasteiger partial charge in [-0.25, -0.2) is 0 Å². The number of fused-ring (bicyclic) bond motifs is 4. The molecule has 2 heterocycles. The molecular weight excluding hydrogens is 284 g/mol. The molecule has 1 saturated heterocycles.